The number of hydrogen-bond acceptors (Lipinski definition) is 4. The topological polar surface area (TPSA) is 35.0 Å². The number of rotatable bonds is 3. The zero-order valence-electron chi connectivity index (χ0n) is 7.18. The lowest BCUT2D eigenvalue weighted by molar-refractivity contribution is 0.294. The predicted molar refractivity (Wildman–Crippen MR) is 58.4 cm³/mol. The van der Waals surface area contributed by atoms with Crippen molar-refractivity contribution >= 4 is 27.3 Å². The molecule has 2 aromatic heterocycles. The Hall–Kier alpha value is -0.940. The molecule has 0 bridgehead atoms. The second-order valence-electron chi connectivity index (χ2n) is 2.54. The second kappa shape index (κ2) is 4.52. The maximum absolute atomic E-state index is 5.49. The van der Waals surface area contributed by atoms with E-state index in [0.29, 0.717) is 12.5 Å². The summed E-state index contributed by atoms with van der Waals surface area (Å²) in [5, 5.41) is 2.02. The molecule has 0 saturated carbocycles. The van der Waals surface area contributed by atoms with E-state index in [2.05, 4.69) is 25.9 Å². The molecular weight excluding hydrogens is 264 g/mol. The van der Waals surface area contributed by atoms with E-state index in [9.17, 15) is 0 Å². The Kier molecular flexibility index (Phi) is 3.10. The van der Waals surface area contributed by atoms with Crippen LogP contribution in [-0.2, 0) is 6.61 Å². The number of ether oxygens (including phenoxy) is 1. The van der Waals surface area contributed by atoms with Crippen molar-refractivity contribution in [1.82, 2.24) is 9.97 Å². The van der Waals surface area contributed by atoms with Gasteiger partial charge < -0.3 is 4.74 Å². The van der Waals surface area contributed by atoms with E-state index in [1.54, 1.807) is 17.5 Å². The summed E-state index contributed by atoms with van der Waals surface area (Å²) in [4.78, 5) is 9.03. The summed E-state index contributed by atoms with van der Waals surface area (Å²) < 4.78 is 6.27. The monoisotopic (exact) mass is 270 g/mol. The molecular formula is C9H7BrN2OS. The van der Waals surface area contributed by atoms with Crippen LogP contribution in [0.1, 0.15) is 4.88 Å². The Labute approximate surface area is 93.9 Å². The quantitative estimate of drug-likeness (QED) is 0.861. The first-order valence-electron chi connectivity index (χ1n) is 3.97. The number of thiophene rings is 1. The summed E-state index contributed by atoms with van der Waals surface area (Å²) in [7, 11) is 0. The fourth-order valence-corrected chi connectivity index (χ4v) is 1.89. The van der Waals surface area contributed by atoms with E-state index < -0.39 is 0 Å². The Balaban J connectivity index is 2.02. The second-order valence-corrected chi connectivity index (χ2v) is 4.43. The van der Waals surface area contributed by atoms with Gasteiger partial charge >= 0.3 is 0 Å². The molecule has 0 atom stereocenters. The van der Waals surface area contributed by atoms with Gasteiger partial charge in [-0.15, -0.1) is 11.3 Å². The highest BCUT2D eigenvalue weighted by atomic mass is 79.9. The number of aromatic nitrogens is 2. The molecule has 0 saturated heterocycles. The number of hydrogen-bond donors (Lipinski definition) is 0. The van der Waals surface area contributed by atoms with E-state index >= 15 is 0 Å². The van der Waals surface area contributed by atoms with Crippen LogP contribution in [0.25, 0.3) is 0 Å². The van der Waals surface area contributed by atoms with Crippen molar-refractivity contribution in [2.24, 2.45) is 0 Å². The first-order valence-corrected chi connectivity index (χ1v) is 5.64. The van der Waals surface area contributed by atoms with Crippen molar-refractivity contribution in [3.8, 4) is 5.88 Å². The van der Waals surface area contributed by atoms with Gasteiger partial charge in [0.05, 0.1) is 4.47 Å². The molecule has 0 fully saturated rings. The Morgan fingerprint density at radius 1 is 1.50 bits per heavy atom. The molecule has 2 aromatic rings. The molecule has 0 aliphatic carbocycles. The number of halogens is 1. The highest BCUT2D eigenvalue weighted by Crippen LogP contribution is 2.21. The molecule has 0 aliphatic rings. The zero-order chi connectivity index (χ0) is 9.80. The van der Waals surface area contributed by atoms with Gasteiger partial charge in [0.15, 0.2) is 0 Å². The number of nitrogens with zero attached hydrogens (tertiary/aromatic N) is 2. The van der Waals surface area contributed by atoms with E-state index in [0.717, 1.165) is 4.47 Å². The first-order chi connectivity index (χ1) is 6.86. The lowest BCUT2D eigenvalue weighted by Gasteiger charge is -2.03. The minimum absolute atomic E-state index is 0.549. The maximum atomic E-state index is 5.49. The highest BCUT2D eigenvalue weighted by molar-refractivity contribution is 9.10. The smallest absolute Gasteiger partial charge is 0.231 e. The normalized spacial score (nSPS) is 10.1. The van der Waals surface area contributed by atoms with Crippen molar-refractivity contribution in [2.45, 2.75) is 6.61 Å². The first kappa shape index (κ1) is 9.61. The molecule has 2 heterocycles. The SMILES string of the molecule is Brc1cncnc1OCc1cccs1. The third kappa shape index (κ3) is 2.30. The Morgan fingerprint density at radius 3 is 3.14 bits per heavy atom. The summed E-state index contributed by atoms with van der Waals surface area (Å²) in [5.41, 5.74) is 0. The van der Waals surface area contributed by atoms with Gasteiger partial charge in [0.2, 0.25) is 5.88 Å². The van der Waals surface area contributed by atoms with Crippen LogP contribution in [0, 0.1) is 0 Å². The molecule has 0 spiro atoms. The summed E-state index contributed by atoms with van der Waals surface area (Å²) >= 11 is 4.98. The molecule has 0 radical (unpaired) electrons. The molecule has 0 aliphatic heterocycles. The van der Waals surface area contributed by atoms with Crippen LogP contribution in [0.5, 0.6) is 5.88 Å². The van der Waals surface area contributed by atoms with Gasteiger partial charge in [0.25, 0.3) is 0 Å². The van der Waals surface area contributed by atoms with Gasteiger partial charge in [-0.05, 0) is 27.4 Å². The average molecular weight is 271 g/mol. The van der Waals surface area contributed by atoms with Crippen LogP contribution in [0.15, 0.2) is 34.5 Å². The van der Waals surface area contributed by atoms with Crippen LogP contribution in [-0.4, -0.2) is 9.97 Å². The van der Waals surface area contributed by atoms with Crippen molar-refractivity contribution in [3.05, 3.63) is 39.4 Å². The van der Waals surface area contributed by atoms with E-state index in [4.69, 9.17) is 4.74 Å². The largest absolute Gasteiger partial charge is 0.471 e. The fourth-order valence-electron chi connectivity index (χ4n) is 0.942. The van der Waals surface area contributed by atoms with Gasteiger partial charge in [-0.1, -0.05) is 6.07 Å². The molecule has 3 nitrogen and oxygen atoms in total. The van der Waals surface area contributed by atoms with E-state index in [1.165, 1.54) is 11.2 Å². The molecule has 0 aromatic carbocycles. The van der Waals surface area contributed by atoms with Gasteiger partial charge in [-0.3, -0.25) is 0 Å². The third-order valence-corrected chi connectivity index (χ3v) is 2.96. The molecule has 0 N–H and O–H groups in total. The molecule has 72 valence electrons. The molecule has 5 heteroatoms. The minimum Gasteiger partial charge on any atom is -0.471 e. The van der Waals surface area contributed by atoms with Crippen molar-refractivity contribution in [3.63, 3.8) is 0 Å². The summed E-state index contributed by atoms with van der Waals surface area (Å²) in [6, 6.07) is 4.03. The lowest BCUT2D eigenvalue weighted by atomic mass is 10.5. The van der Waals surface area contributed by atoms with Gasteiger partial charge in [-0.25, -0.2) is 9.97 Å². The zero-order valence-corrected chi connectivity index (χ0v) is 9.59. The van der Waals surface area contributed by atoms with Gasteiger partial charge in [-0.2, -0.15) is 0 Å². The fraction of sp³-hybridized carbons (Fsp3) is 0.111. The lowest BCUT2D eigenvalue weighted by Crippen LogP contribution is -1.96. The summed E-state index contributed by atoms with van der Waals surface area (Å²) in [6.45, 7) is 0.549. The van der Waals surface area contributed by atoms with Crippen molar-refractivity contribution < 1.29 is 4.74 Å². The van der Waals surface area contributed by atoms with E-state index in [1.807, 2.05) is 17.5 Å². The van der Waals surface area contributed by atoms with Crippen molar-refractivity contribution in [2.75, 3.05) is 0 Å². The van der Waals surface area contributed by atoms with Crippen LogP contribution in [0.2, 0.25) is 0 Å². The van der Waals surface area contributed by atoms with Crippen LogP contribution >= 0.6 is 27.3 Å². The van der Waals surface area contributed by atoms with Crippen LogP contribution in [0.4, 0.5) is 0 Å². The van der Waals surface area contributed by atoms with Crippen molar-refractivity contribution in [1.29, 1.82) is 0 Å². The third-order valence-electron chi connectivity index (χ3n) is 1.57. The Bertz CT molecular complexity index is 405. The summed E-state index contributed by atoms with van der Waals surface area (Å²) in [6.07, 6.45) is 3.13. The standard InChI is InChI=1S/C9H7BrN2OS/c10-8-4-11-6-12-9(8)13-5-7-2-1-3-14-7/h1-4,6H,5H2. The van der Waals surface area contributed by atoms with E-state index in [-0.39, 0.29) is 0 Å². The molecule has 0 unspecified atom stereocenters. The Morgan fingerprint density at radius 2 is 2.43 bits per heavy atom. The summed E-state index contributed by atoms with van der Waals surface area (Å²) in [5.74, 6) is 0.577. The predicted octanol–water partition coefficient (Wildman–Crippen LogP) is 2.88. The average Bonchev–Trinajstić information content (AvgIpc) is 2.69. The molecule has 14 heavy (non-hydrogen) atoms. The minimum atomic E-state index is 0.549. The van der Waals surface area contributed by atoms with Gasteiger partial charge in [0.1, 0.15) is 12.9 Å². The van der Waals surface area contributed by atoms with Crippen LogP contribution < -0.4 is 4.74 Å². The maximum Gasteiger partial charge on any atom is 0.231 e. The highest BCUT2D eigenvalue weighted by Gasteiger charge is 2.02. The molecule has 2 rings (SSSR count). The van der Waals surface area contributed by atoms with Gasteiger partial charge in [0, 0.05) is 11.1 Å². The molecule has 0 amide bonds. The van der Waals surface area contributed by atoms with Crippen LogP contribution in [0.3, 0.4) is 0 Å².